The van der Waals surface area contributed by atoms with Crippen LogP contribution in [0.25, 0.3) is 0 Å². The van der Waals surface area contributed by atoms with Gasteiger partial charge in [0.2, 0.25) is 0 Å². The first-order valence-corrected chi connectivity index (χ1v) is 7.16. The molecule has 0 spiro atoms. The molecule has 17 heavy (non-hydrogen) atoms. The molecule has 2 heterocycles. The Hall–Kier alpha value is -0.450. The van der Waals surface area contributed by atoms with Crippen LogP contribution in [0, 0.1) is 0 Å². The van der Waals surface area contributed by atoms with Crippen LogP contribution in [0.3, 0.4) is 0 Å². The average molecular weight is 298 g/mol. The quantitative estimate of drug-likeness (QED) is 0.866. The lowest BCUT2D eigenvalue weighted by Gasteiger charge is -2.35. The molecule has 1 aromatic rings. The summed E-state index contributed by atoms with van der Waals surface area (Å²) in [5, 5.41) is 3.41. The first-order valence-electron chi connectivity index (χ1n) is 6.37. The van der Waals surface area contributed by atoms with Gasteiger partial charge in [0, 0.05) is 38.4 Å². The second-order valence-electron chi connectivity index (χ2n) is 4.50. The third kappa shape index (κ3) is 3.50. The van der Waals surface area contributed by atoms with Crippen LogP contribution in [-0.2, 0) is 0 Å². The maximum atomic E-state index is 4.35. The minimum atomic E-state index is 0.530. The number of nitrogens with zero attached hydrogens (tertiary/aromatic N) is 2. The van der Waals surface area contributed by atoms with Gasteiger partial charge in [-0.25, -0.2) is 4.98 Å². The Labute approximate surface area is 112 Å². The molecule has 94 valence electrons. The zero-order chi connectivity index (χ0) is 12.1. The highest BCUT2D eigenvalue weighted by atomic mass is 79.9. The lowest BCUT2D eigenvalue weighted by atomic mass is 10.0. The molecule has 1 atom stereocenters. The molecule has 1 N–H and O–H groups in total. The summed E-state index contributed by atoms with van der Waals surface area (Å²) in [7, 11) is 0. The summed E-state index contributed by atoms with van der Waals surface area (Å²) in [6.07, 6.45) is 4.43. The first-order chi connectivity index (χ1) is 8.31. The maximum absolute atomic E-state index is 4.35. The summed E-state index contributed by atoms with van der Waals surface area (Å²) in [6.45, 7) is 6.73. The highest BCUT2D eigenvalue weighted by Gasteiger charge is 2.21. The number of hydrogen-bond acceptors (Lipinski definition) is 3. The largest absolute Gasteiger partial charge is 0.314 e. The van der Waals surface area contributed by atoms with Gasteiger partial charge in [-0.05, 0) is 34.0 Å². The molecule has 0 saturated carbocycles. The summed E-state index contributed by atoms with van der Waals surface area (Å²) >= 11 is 3.39. The molecule has 0 bridgehead atoms. The highest BCUT2D eigenvalue weighted by Crippen LogP contribution is 2.26. The van der Waals surface area contributed by atoms with Crippen LogP contribution in [0.5, 0.6) is 0 Å². The molecule has 0 aliphatic carbocycles. The van der Waals surface area contributed by atoms with Crippen LogP contribution >= 0.6 is 15.9 Å². The monoisotopic (exact) mass is 297 g/mol. The van der Waals surface area contributed by atoms with E-state index in [4.69, 9.17) is 0 Å². The third-order valence-electron chi connectivity index (χ3n) is 3.29. The van der Waals surface area contributed by atoms with E-state index in [1.165, 1.54) is 18.4 Å². The summed E-state index contributed by atoms with van der Waals surface area (Å²) in [6, 6.07) is 4.77. The second kappa shape index (κ2) is 6.47. The molecule has 0 radical (unpaired) electrons. The minimum Gasteiger partial charge on any atom is -0.314 e. The fraction of sp³-hybridized carbons (Fsp3) is 0.615. The van der Waals surface area contributed by atoms with Gasteiger partial charge in [0.25, 0.3) is 0 Å². The molecular formula is C13H20BrN3. The van der Waals surface area contributed by atoms with Gasteiger partial charge in [0.15, 0.2) is 0 Å². The topological polar surface area (TPSA) is 28.2 Å². The van der Waals surface area contributed by atoms with Crippen molar-refractivity contribution in [1.29, 1.82) is 0 Å². The van der Waals surface area contributed by atoms with Crippen LogP contribution in [0.15, 0.2) is 22.9 Å². The van der Waals surface area contributed by atoms with Gasteiger partial charge < -0.3 is 5.32 Å². The van der Waals surface area contributed by atoms with E-state index < -0.39 is 0 Å². The zero-order valence-corrected chi connectivity index (χ0v) is 11.9. The van der Waals surface area contributed by atoms with Crippen LogP contribution in [0.4, 0.5) is 0 Å². The SMILES string of the molecule is CCC[C@@H](c1ccc(Br)nc1)N1CCNCC1. The van der Waals surface area contributed by atoms with E-state index in [-0.39, 0.29) is 0 Å². The zero-order valence-electron chi connectivity index (χ0n) is 10.3. The molecule has 4 heteroatoms. The fourth-order valence-electron chi connectivity index (χ4n) is 2.41. The lowest BCUT2D eigenvalue weighted by molar-refractivity contribution is 0.164. The van der Waals surface area contributed by atoms with Crippen molar-refractivity contribution in [2.45, 2.75) is 25.8 Å². The van der Waals surface area contributed by atoms with Gasteiger partial charge in [0.1, 0.15) is 4.60 Å². The Morgan fingerprint density at radius 3 is 2.76 bits per heavy atom. The average Bonchev–Trinajstić information content (AvgIpc) is 2.38. The number of halogens is 1. The Bertz CT molecular complexity index is 333. The summed E-state index contributed by atoms with van der Waals surface area (Å²) < 4.78 is 0.914. The highest BCUT2D eigenvalue weighted by molar-refractivity contribution is 9.10. The van der Waals surface area contributed by atoms with E-state index in [0.717, 1.165) is 30.8 Å². The van der Waals surface area contributed by atoms with Gasteiger partial charge in [0.05, 0.1) is 0 Å². The summed E-state index contributed by atoms with van der Waals surface area (Å²) in [4.78, 5) is 6.93. The summed E-state index contributed by atoms with van der Waals surface area (Å²) in [5.41, 5.74) is 1.34. The van der Waals surface area contributed by atoms with Crippen molar-refractivity contribution in [2.75, 3.05) is 26.2 Å². The lowest BCUT2D eigenvalue weighted by Crippen LogP contribution is -2.45. The van der Waals surface area contributed by atoms with Crippen molar-refractivity contribution in [3.8, 4) is 0 Å². The Morgan fingerprint density at radius 2 is 2.18 bits per heavy atom. The van der Waals surface area contributed by atoms with E-state index in [1.807, 2.05) is 12.3 Å². The number of aromatic nitrogens is 1. The van der Waals surface area contributed by atoms with E-state index in [9.17, 15) is 0 Å². The van der Waals surface area contributed by atoms with E-state index in [0.29, 0.717) is 6.04 Å². The summed E-state index contributed by atoms with van der Waals surface area (Å²) in [5.74, 6) is 0. The number of pyridine rings is 1. The molecule has 1 aliphatic rings. The Morgan fingerprint density at radius 1 is 1.41 bits per heavy atom. The molecule has 1 aliphatic heterocycles. The van der Waals surface area contributed by atoms with Crippen molar-refractivity contribution >= 4 is 15.9 Å². The predicted molar refractivity (Wildman–Crippen MR) is 74.0 cm³/mol. The van der Waals surface area contributed by atoms with Gasteiger partial charge in [-0.15, -0.1) is 0 Å². The standard InChI is InChI=1S/C13H20BrN3/c1-2-3-12(17-8-6-15-7-9-17)11-4-5-13(14)16-10-11/h4-5,10,12,15H,2-3,6-9H2,1H3/t12-/m0/s1. The molecule has 3 nitrogen and oxygen atoms in total. The van der Waals surface area contributed by atoms with Crippen LogP contribution < -0.4 is 5.32 Å². The van der Waals surface area contributed by atoms with Crippen LogP contribution in [0.2, 0.25) is 0 Å². The first kappa shape index (κ1) is 13.0. The van der Waals surface area contributed by atoms with Gasteiger partial charge in [-0.1, -0.05) is 19.4 Å². The van der Waals surface area contributed by atoms with Crippen LogP contribution in [0.1, 0.15) is 31.4 Å². The molecule has 0 aromatic carbocycles. The number of rotatable bonds is 4. The minimum absolute atomic E-state index is 0.530. The fourth-order valence-corrected chi connectivity index (χ4v) is 2.65. The molecule has 2 rings (SSSR count). The van der Waals surface area contributed by atoms with E-state index in [1.54, 1.807) is 0 Å². The van der Waals surface area contributed by atoms with Crippen molar-refractivity contribution in [3.63, 3.8) is 0 Å². The van der Waals surface area contributed by atoms with Crippen LogP contribution in [-0.4, -0.2) is 36.1 Å². The Kier molecular flexibility index (Phi) is 4.95. The normalized spacial score (nSPS) is 19.2. The van der Waals surface area contributed by atoms with Gasteiger partial charge in [-0.2, -0.15) is 0 Å². The van der Waals surface area contributed by atoms with Crippen molar-refractivity contribution < 1.29 is 0 Å². The second-order valence-corrected chi connectivity index (χ2v) is 5.32. The maximum Gasteiger partial charge on any atom is 0.106 e. The molecule has 1 aromatic heterocycles. The van der Waals surface area contributed by atoms with E-state index in [2.05, 4.69) is 44.1 Å². The van der Waals surface area contributed by atoms with Crippen molar-refractivity contribution in [2.24, 2.45) is 0 Å². The predicted octanol–water partition coefficient (Wildman–Crippen LogP) is 2.59. The number of nitrogens with one attached hydrogen (secondary N) is 1. The van der Waals surface area contributed by atoms with Crippen molar-refractivity contribution in [3.05, 3.63) is 28.5 Å². The molecule has 1 fully saturated rings. The van der Waals surface area contributed by atoms with E-state index >= 15 is 0 Å². The number of hydrogen-bond donors (Lipinski definition) is 1. The van der Waals surface area contributed by atoms with Gasteiger partial charge >= 0.3 is 0 Å². The molecule has 0 amide bonds. The smallest absolute Gasteiger partial charge is 0.106 e. The Balaban J connectivity index is 2.12. The number of piperazine rings is 1. The molecular weight excluding hydrogens is 278 g/mol. The third-order valence-corrected chi connectivity index (χ3v) is 3.76. The van der Waals surface area contributed by atoms with Gasteiger partial charge in [-0.3, -0.25) is 4.90 Å². The molecule has 1 saturated heterocycles. The molecule has 0 unspecified atom stereocenters. The van der Waals surface area contributed by atoms with Crippen molar-refractivity contribution in [1.82, 2.24) is 15.2 Å².